The van der Waals surface area contributed by atoms with Gasteiger partial charge in [0.05, 0.1) is 0 Å². The average molecular weight is 368 g/mol. The molecule has 6 heteroatoms. The highest BCUT2D eigenvalue weighted by molar-refractivity contribution is 6.30. The van der Waals surface area contributed by atoms with E-state index in [1.54, 1.807) is 12.1 Å². The van der Waals surface area contributed by atoms with Gasteiger partial charge in [-0.3, -0.25) is 4.79 Å². The van der Waals surface area contributed by atoms with Crippen molar-refractivity contribution in [2.24, 2.45) is 0 Å². The molecule has 132 valence electrons. The summed E-state index contributed by atoms with van der Waals surface area (Å²) in [5, 5.41) is 4.68. The third kappa shape index (κ3) is 3.22. The molecule has 0 saturated carbocycles. The summed E-state index contributed by atoms with van der Waals surface area (Å²) >= 11 is 6.03. The molecular formula is C20H18ClN3O2. The number of benzene rings is 2. The summed E-state index contributed by atoms with van der Waals surface area (Å²) in [7, 11) is 0. The summed E-state index contributed by atoms with van der Waals surface area (Å²) in [6.45, 7) is 2.69. The predicted octanol–water partition coefficient (Wildman–Crippen LogP) is 4.68. The van der Waals surface area contributed by atoms with Crippen LogP contribution in [0.3, 0.4) is 0 Å². The van der Waals surface area contributed by atoms with Crippen LogP contribution in [-0.2, 0) is 0 Å². The first-order valence-electron chi connectivity index (χ1n) is 8.59. The van der Waals surface area contributed by atoms with E-state index in [9.17, 15) is 4.79 Å². The van der Waals surface area contributed by atoms with Gasteiger partial charge in [0.25, 0.3) is 5.91 Å². The molecular weight excluding hydrogens is 350 g/mol. The average Bonchev–Trinajstić information content (AvgIpc) is 3.31. The monoisotopic (exact) mass is 367 g/mol. The smallest absolute Gasteiger partial charge is 0.254 e. The van der Waals surface area contributed by atoms with Crippen molar-refractivity contribution >= 4 is 17.5 Å². The summed E-state index contributed by atoms with van der Waals surface area (Å²) in [6, 6.07) is 14.7. The molecule has 0 radical (unpaired) electrons. The van der Waals surface area contributed by atoms with E-state index in [1.807, 2.05) is 48.2 Å². The molecule has 1 amide bonds. The van der Waals surface area contributed by atoms with Crippen LogP contribution in [0.1, 0.15) is 40.7 Å². The lowest BCUT2D eigenvalue weighted by Gasteiger charge is -2.22. The van der Waals surface area contributed by atoms with Crippen molar-refractivity contribution in [2.75, 3.05) is 6.54 Å². The van der Waals surface area contributed by atoms with Crippen LogP contribution in [0, 0.1) is 6.92 Å². The number of amides is 1. The van der Waals surface area contributed by atoms with Crippen molar-refractivity contribution < 1.29 is 9.32 Å². The zero-order valence-corrected chi connectivity index (χ0v) is 15.1. The number of carbonyl (C=O) groups is 1. The van der Waals surface area contributed by atoms with E-state index >= 15 is 0 Å². The Morgan fingerprint density at radius 1 is 1.23 bits per heavy atom. The molecule has 0 bridgehead atoms. The number of carbonyl (C=O) groups excluding carboxylic acids is 1. The van der Waals surface area contributed by atoms with Gasteiger partial charge < -0.3 is 9.42 Å². The molecule has 5 nitrogen and oxygen atoms in total. The van der Waals surface area contributed by atoms with Gasteiger partial charge in [-0.05, 0) is 44.0 Å². The molecule has 0 spiro atoms. The molecule has 0 aliphatic carbocycles. The van der Waals surface area contributed by atoms with Crippen LogP contribution in [-0.4, -0.2) is 27.5 Å². The number of hydrogen-bond acceptors (Lipinski definition) is 4. The standard InChI is InChI=1S/C20H18ClN3O2/c1-13-7-9-14(10-8-13)20(25)24-11-3-6-17(24)19-22-18(23-26-19)15-4-2-5-16(21)12-15/h2,4-5,7-10,12,17H,3,6,11H2,1H3/t17-/m1/s1. The Morgan fingerprint density at radius 3 is 2.81 bits per heavy atom. The molecule has 2 heterocycles. The van der Waals surface area contributed by atoms with Crippen molar-refractivity contribution in [3.8, 4) is 11.4 Å². The lowest BCUT2D eigenvalue weighted by Crippen LogP contribution is -2.30. The van der Waals surface area contributed by atoms with Gasteiger partial charge in [0.1, 0.15) is 6.04 Å². The van der Waals surface area contributed by atoms with Crippen molar-refractivity contribution in [2.45, 2.75) is 25.8 Å². The molecule has 4 rings (SSSR count). The second kappa shape index (κ2) is 6.92. The molecule has 0 N–H and O–H groups in total. The molecule has 3 aromatic rings. The number of hydrogen-bond donors (Lipinski definition) is 0. The van der Waals surface area contributed by atoms with Crippen LogP contribution in [0.5, 0.6) is 0 Å². The maximum atomic E-state index is 12.9. The number of aryl methyl sites for hydroxylation is 1. The van der Waals surface area contributed by atoms with E-state index in [4.69, 9.17) is 16.1 Å². The van der Waals surface area contributed by atoms with Crippen LogP contribution in [0.2, 0.25) is 5.02 Å². The van der Waals surface area contributed by atoms with Crippen molar-refractivity contribution in [3.63, 3.8) is 0 Å². The molecule has 1 aliphatic heterocycles. The van der Waals surface area contributed by atoms with Crippen LogP contribution < -0.4 is 0 Å². The Balaban J connectivity index is 1.59. The number of likely N-dealkylation sites (tertiary alicyclic amines) is 1. The highest BCUT2D eigenvalue weighted by atomic mass is 35.5. The molecule has 1 fully saturated rings. The van der Waals surface area contributed by atoms with Gasteiger partial charge >= 0.3 is 0 Å². The molecule has 26 heavy (non-hydrogen) atoms. The number of nitrogens with zero attached hydrogens (tertiary/aromatic N) is 3. The highest BCUT2D eigenvalue weighted by Gasteiger charge is 2.34. The summed E-state index contributed by atoms with van der Waals surface area (Å²) in [4.78, 5) is 19.2. The van der Waals surface area contributed by atoms with E-state index in [-0.39, 0.29) is 11.9 Å². The van der Waals surface area contributed by atoms with Crippen LogP contribution in [0.15, 0.2) is 53.1 Å². The zero-order chi connectivity index (χ0) is 18.1. The SMILES string of the molecule is Cc1ccc(C(=O)N2CCC[C@@H]2c2nc(-c3cccc(Cl)c3)no2)cc1. The van der Waals surface area contributed by atoms with Crippen molar-refractivity contribution in [3.05, 3.63) is 70.6 Å². The zero-order valence-electron chi connectivity index (χ0n) is 14.4. The fourth-order valence-electron chi connectivity index (χ4n) is 3.24. The van der Waals surface area contributed by atoms with Gasteiger partial charge in [0.2, 0.25) is 11.7 Å². The highest BCUT2D eigenvalue weighted by Crippen LogP contribution is 2.33. The Bertz CT molecular complexity index is 936. The minimum absolute atomic E-state index is 0.00462. The topological polar surface area (TPSA) is 59.2 Å². The van der Waals surface area contributed by atoms with Crippen molar-refractivity contribution in [1.29, 1.82) is 0 Å². The van der Waals surface area contributed by atoms with Gasteiger partial charge in [-0.25, -0.2) is 0 Å². The van der Waals surface area contributed by atoms with Gasteiger partial charge in [-0.15, -0.1) is 0 Å². The van der Waals surface area contributed by atoms with Crippen molar-refractivity contribution in [1.82, 2.24) is 15.0 Å². The lowest BCUT2D eigenvalue weighted by molar-refractivity contribution is 0.0710. The molecule has 1 aliphatic rings. The van der Waals surface area contributed by atoms with E-state index in [2.05, 4.69) is 10.1 Å². The largest absolute Gasteiger partial charge is 0.337 e. The van der Waals surface area contributed by atoms with E-state index < -0.39 is 0 Å². The Hall–Kier alpha value is -2.66. The fourth-order valence-corrected chi connectivity index (χ4v) is 3.43. The first-order valence-corrected chi connectivity index (χ1v) is 8.97. The first kappa shape index (κ1) is 16.8. The molecule has 1 atom stereocenters. The maximum Gasteiger partial charge on any atom is 0.254 e. The Labute approximate surface area is 156 Å². The van der Waals surface area contributed by atoms with Crippen LogP contribution in [0.4, 0.5) is 0 Å². The van der Waals surface area contributed by atoms with Gasteiger partial charge in [0.15, 0.2) is 0 Å². The lowest BCUT2D eigenvalue weighted by atomic mass is 10.1. The Morgan fingerprint density at radius 2 is 2.04 bits per heavy atom. The summed E-state index contributed by atoms with van der Waals surface area (Å²) in [5.41, 5.74) is 2.60. The number of rotatable bonds is 3. The molecule has 0 unspecified atom stereocenters. The Kier molecular flexibility index (Phi) is 4.47. The summed E-state index contributed by atoms with van der Waals surface area (Å²) in [6.07, 6.45) is 1.73. The molecule has 1 saturated heterocycles. The normalized spacial score (nSPS) is 16.8. The molecule has 2 aromatic carbocycles. The third-order valence-corrected chi connectivity index (χ3v) is 4.86. The van der Waals surface area contributed by atoms with Gasteiger partial charge in [-0.1, -0.05) is 46.6 Å². The number of aromatic nitrogens is 2. The minimum atomic E-state index is -0.191. The quantitative estimate of drug-likeness (QED) is 0.674. The summed E-state index contributed by atoms with van der Waals surface area (Å²) < 4.78 is 5.48. The van der Waals surface area contributed by atoms with Crippen LogP contribution >= 0.6 is 11.6 Å². The van der Waals surface area contributed by atoms with Crippen LogP contribution in [0.25, 0.3) is 11.4 Å². The minimum Gasteiger partial charge on any atom is -0.337 e. The van der Waals surface area contributed by atoms with E-state index in [1.165, 1.54) is 0 Å². The third-order valence-electron chi connectivity index (χ3n) is 4.62. The predicted molar refractivity (Wildman–Crippen MR) is 98.9 cm³/mol. The van der Waals surface area contributed by atoms with E-state index in [0.29, 0.717) is 28.8 Å². The van der Waals surface area contributed by atoms with E-state index in [0.717, 1.165) is 24.0 Å². The summed E-state index contributed by atoms with van der Waals surface area (Å²) in [5.74, 6) is 0.949. The molecule has 1 aromatic heterocycles. The fraction of sp³-hybridized carbons (Fsp3) is 0.250. The number of halogens is 1. The van der Waals surface area contributed by atoms with Gasteiger partial charge in [0, 0.05) is 22.7 Å². The maximum absolute atomic E-state index is 12.9. The van der Waals surface area contributed by atoms with Gasteiger partial charge in [-0.2, -0.15) is 4.98 Å². The second-order valence-electron chi connectivity index (χ2n) is 6.49. The first-order chi connectivity index (χ1) is 12.6. The second-order valence-corrected chi connectivity index (χ2v) is 6.93.